The summed E-state index contributed by atoms with van der Waals surface area (Å²) < 4.78 is 2.10. The Morgan fingerprint density at radius 2 is 2.14 bits per heavy atom. The van der Waals surface area contributed by atoms with Crippen LogP contribution < -0.4 is 0 Å². The first-order valence-electron chi connectivity index (χ1n) is 4.25. The van der Waals surface area contributed by atoms with Gasteiger partial charge in [0.2, 0.25) is 0 Å². The third-order valence-corrected chi connectivity index (χ3v) is 2.54. The molecule has 1 aromatic heterocycles. The molecular weight excluding hydrogens is 241 g/mol. The fraction of sp³-hybridized carbons (Fsp3) is 0.182. The van der Waals surface area contributed by atoms with E-state index in [4.69, 9.17) is 11.6 Å². The summed E-state index contributed by atoms with van der Waals surface area (Å²) in [5.74, 6) is 0. The number of aromatic nitrogens is 1. The monoisotopic (exact) mass is 251 g/mol. The molecule has 14 heavy (non-hydrogen) atoms. The van der Waals surface area contributed by atoms with Crippen molar-refractivity contribution in [2.24, 2.45) is 7.05 Å². The van der Waals surface area contributed by atoms with Gasteiger partial charge in [0.15, 0.2) is 0 Å². The van der Waals surface area contributed by atoms with Crippen LogP contribution in [-0.4, -0.2) is 4.57 Å². The standard InChI is InChI=1S/C11H11ClN.Co/c1-3-8-7-13(2)11-5-4-9(12)6-10(8)11;/h4-7H,1,3H2,2H3;/q-1;. The quantitative estimate of drug-likeness (QED) is 0.686. The average molecular weight is 252 g/mol. The maximum Gasteiger partial charge on any atom is 0.0480 e. The normalized spacial score (nSPS) is 10.2. The Bertz CT molecular complexity index is 448. The minimum Gasteiger partial charge on any atom is -0.350 e. The van der Waals surface area contributed by atoms with Crippen molar-refractivity contribution >= 4 is 22.5 Å². The van der Waals surface area contributed by atoms with Crippen LogP contribution in [0.25, 0.3) is 10.9 Å². The first-order chi connectivity index (χ1) is 6.22. The van der Waals surface area contributed by atoms with Crippen molar-refractivity contribution in [3.8, 4) is 0 Å². The van der Waals surface area contributed by atoms with E-state index in [0.717, 1.165) is 11.4 Å². The molecule has 0 fully saturated rings. The third-order valence-electron chi connectivity index (χ3n) is 2.30. The molecule has 1 aromatic carbocycles. The smallest absolute Gasteiger partial charge is 0.0480 e. The summed E-state index contributed by atoms with van der Waals surface area (Å²) in [6, 6.07) is 5.95. The first kappa shape index (κ1) is 11.6. The Morgan fingerprint density at radius 3 is 2.79 bits per heavy atom. The van der Waals surface area contributed by atoms with E-state index in [1.54, 1.807) is 0 Å². The van der Waals surface area contributed by atoms with Gasteiger partial charge in [0.1, 0.15) is 0 Å². The summed E-state index contributed by atoms with van der Waals surface area (Å²) in [6.45, 7) is 3.89. The van der Waals surface area contributed by atoms with E-state index in [1.807, 2.05) is 25.2 Å². The summed E-state index contributed by atoms with van der Waals surface area (Å²) in [5.41, 5.74) is 2.46. The fourth-order valence-electron chi connectivity index (χ4n) is 1.65. The Balaban J connectivity index is 0.000000980. The fourth-order valence-corrected chi connectivity index (χ4v) is 1.82. The number of fused-ring (bicyclic) bond motifs is 1. The van der Waals surface area contributed by atoms with Crippen LogP contribution in [-0.2, 0) is 30.2 Å². The van der Waals surface area contributed by atoms with Gasteiger partial charge in [0.05, 0.1) is 0 Å². The molecule has 2 aromatic rings. The first-order valence-corrected chi connectivity index (χ1v) is 4.63. The number of halogens is 1. The van der Waals surface area contributed by atoms with Gasteiger partial charge in [-0.25, -0.2) is 0 Å². The van der Waals surface area contributed by atoms with Gasteiger partial charge in [-0.2, -0.15) is 6.42 Å². The van der Waals surface area contributed by atoms with E-state index in [9.17, 15) is 0 Å². The van der Waals surface area contributed by atoms with Crippen LogP contribution in [0.15, 0.2) is 24.4 Å². The minimum absolute atomic E-state index is 0. The summed E-state index contributed by atoms with van der Waals surface area (Å²) in [4.78, 5) is 0. The Hall–Kier alpha value is -0.444. The molecule has 1 radical (unpaired) electrons. The second-order valence-electron chi connectivity index (χ2n) is 3.18. The molecule has 2 rings (SSSR count). The third kappa shape index (κ3) is 1.83. The van der Waals surface area contributed by atoms with Crippen molar-refractivity contribution in [1.29, 1.82) is 0 Å². The van der Waals surface area contributed by atoms with E-state index >= 15 is 0 Å². The average Bonchev–Trinajstić information content (AvgIpc) is 2.42. The number of aryl methyl sites for hydroxylation is 1. The molecule has 0 atom stereocenters. The number of rotatable bonds is 1. The van der Waals surface area contributed by atoms with E-state index in [0.29, 0.717) is 0 Å². The molecule has 1 heterocycles. The minimum atomic E-state index is 0. The number of nitrogens with zero attached hydrogens (tertiary/aromatic N) is 1. The van der Waals surface area contributed by atoms with Crippen LogP contribution in [0.1, 0.15) is 5.56 Å². The van der Waals surface area contributed by atoms with Crippen molar-refractivity contribution in [3.63, 3.8) is 0 Å². The molecule has 0 aliphatic heterocycles. The van der Waals surface area contributed by atoms with Gasteiger partial charge in [0.25, 0.3) is 0 Å². The van der Waals surface area contributed by atoms with Gasteiger partial charge >= 0.3 is 0 Å². The van der Waals surface area contributed by atoms with Gasteiger partial charge in [0, 0.05) is 45.9 Å². The molecule has 77 valence electrons. The van der Waals surface area contributed by atoms with E-state index < -0.39 is 0 Å². The maximum atomic E-state index is 5.93. The number of hydrogen-bond acceptors (Lipinski definition) is 0. The van der Waals surface area contributed by atoms with Gasteiger partial charge < -0.3 is 11.5 Å². The van der Waals surface area contributed by atoms with Crippen LogP contribution in [0.5, 0.6) is 0 Å². The predicted molar refractivity (Wildman–Crippen MR) is 57.0 cm³/mol. The van der Waals surface area contributed by atoms with Crippen LogP contribution in [0.3, 0.4) is 0 Å². The molecule has 0 aliphatic rings. The number of benzene rings is 1. The van der Waals surface area contributed by atoms with Crippen LogP contribution in [0.4, 0.5) is 0 Å². The summed E-state index contributed by atoms with van der Waals surface area (Å²) in [6.07, 6.45) is 2.91. The van der Waals surface area contributed by atoms with Crippen molar-refractivity contribution < 1.29 is 16.8 Å². The largest absolute Gasteiger partial charge is 0.350 e. The van der Waals surface area contributed by atoms with E-state index in [-0.39, 0.29) is 16.8 Å². The van der Waals surface area contributed by atoms with Crippen LogP contribution in [0, 0.1) is 6.92 Å². The molecule has 0 bridgehead atoms. The Morgan fingerprint density at radius 1 is 1.43 bits per heavy atom. The molecule has 0 spiro atoms. The van der Waals surface area contributed by atoms with Crippen LogP contribution >= 0.6 is 11.6 Å². The molecule has 0 unspecified atom stereocenters. The Kier molecular flexibility index (Phi) is 3.64. The SMILES string of the molecule is [CH2-]Cc1cn(C)c2ccc(Cl)cc12.[Co]. The molecule has 0 saturated carbocycles. The zero-order chi connectivity index (χ0) is 9.42. The van der Waals surface area contributed by atoms with Gasteiger partial charge in [-0.1, -0.05) is 17.2 Å². The molecule has 0 amide bonds. The van der Waals surface area contributed by atoms with Crippen molar-refractivity contribution in [1.82, 2.24) is 4.57 Å². The summed E-state index contributed by atoms with van der Waals surface area (Å²) in [7, 11) is 2.04. The molecule has 0 aliphatic carbocycles. The molecule has 1 nitrogen and oxygen atoms in total. The topological polar surface area (TPSA) is 4.93 Å². The van der Waals surface area contributed by atoms with Crippen molar-refractivity contribution in [3.05, 3.63) is 41.9 Å². The van der Waals surface area contributed by atoms with Crippen molar-refractivity contribution in [2.75, 3.05) is 0 Å². The zero-order valence-corrected chi connectivity index (χ0v) is 9.68. The van der Waals surface area contributed by atoms with E-state index in [1.165, 1.54) is 16.5 Å². The second kappa shape index (κ2) is 4.38. The van der Waals surface area contributed by atoms with Gasteiger partial charge in [-0.3, -0.25) is 0 Å². The summed E-state index contributed by atoms with van der Waals surface area (Å²) >= 11 is 5.93. The Labute approximate surface area is 99.3 Å². The van der Waals surface area contributed by atoms with Crippen molar-refractivity contribution in [2.45, 2.75) is 6.42 Å². The predicted octanol–water partition coefficient (Wildman–Crippen LogP) is 3.21. The maximum absolute atomic E-state index is 5.93. The van der Waals surface area contributed by atoms with Gasteiger partial charge in [-0.05, 0) is 18.2 Å². The molecule has 0 N–H and O–H groups in total. The molecule has 3 heteroatoms. The number of hydrogen-bond donors (Lipinski definition) is 0. The van der Waals surface area contributed by atoms with E-state index in [2.05, 4.69) is 17.7 Å². The molecular formula is C11H11ClCoN-. The zero-order valence-electron chi connectivity index (χ0n) is 7.88. The van der Waals surface area contributed by atoms with Crippen LogP contribution in [0.2, 0.25) is 5.02 Å². The van der Waals surface area contributed by atoms with Gasteiger partial charge in [-0.15, -0.1) is 0 Å². The second-order valence-corrected chi connectivity index (χ2v) is 3.61. The molecule has 0 saturated heterocycles. The summed E-state index contributed by atoms with van der Waals surface area (Å²) in [5, 5.41) is 2.00.